The number of hydrogen-bond acceptors (Lipinski definition) is 6. The van der Waals surface area contributed by atoms with Gasteiger partial charge in [0.05, 0.1) is 4.83 Å². The summed E-state index contributed by atoms with van der Waals surface area (Å²) >= 11 is 3.53. The number of Topliss-reactive ketones (excluding diaryl/α,β-unsaturated/α-hetero) is 3. The quantitative estimate of drug-likeness (QED) is 0.490. The molecule has 30 heavy (non-hydrogen) atoms. The summed E-state index contributed by atoms with van der Waals surface area (Å²) in [5.41, 5.74) is -2.72. The molecule has 0 aromatic carbocycles. The maximum atomic E-state index is 13.6. The van der Waals surface area contributed by atoms with Crippen molar-refractivity contribution >= 4 is 39.2 Å². The standard InChI is InChI=1S/C23H31BrO6/c1-12(25)30-11-19(28)23(29)7-6-15-14-5-4-13-8-17(26)16(24)9-21(13,2)20(14)18(27)10-22(15,23)3/h13-16,20,29H,4-11H2,1-3H3/t13?,14-,15-,16?,20+,21-,22-,23-/m0/s1. The number of halogens is 1. The van der Waals surface area contributed by atoms with Gasteiger partial charge in [-0.15, -0.1) is 0 Å². The third-order valence-corrected chi connectivity index (χ3v) is 10.0. The molecular weight excluding hydrogens is 452 g/mol. The van der Waals surface area contributed by atoms with Crippen LogP contribution in [0, 0.1) is 34.5 Å². The zero-order valence-corrected chi connectivity index (χ0v) is 19.5. The molecule has 8 atom stereocenters. The Kier molecular flexibility index (Phi) is 5.33. The molecule has 0 aromatic rings. The zero-order valence-electron chi connectivity index (χ0n) is 17.9. The summed E-state index contributed by atoms with van der Waals surface area (Å²) in [6.07, 6.45) is 4.09. The summed E-state index contributed by atoms with van der Waals surface area (Å²) in [5, 5.41) is 11.5. The van der Waals surface area contributed by atoms with Crippen LogP contribution >= 0.6 is 15.9 Å². The summed E-state index contributed by atoms with van der Waals surface area (Å²) < 4.78 is 4.88. The Bertz CT molecular complexity index is 810. The first-order valence-corrected chi connectivity index (χ1v) is 11.9. The van der Waals surface area contributed by atoms with Crippen LogP contribution in [0.25, 0.3) is 0 Å². The molecule has 4 aliphatic carbocycles. The van der Waals surface area contributed by atoms with Gasteiger partial charge in [-0.1, -0.05) is 29.8 Å². The Balaban J connectivity index is 1.65. The van der Waals surface area contributed by atoms with Gasteiger partial charge in [0.2, 0.25) is 5.78 Å². The molecule has 0 amide bonds. The monoisotopic (exact) mass is 482 g/mol. The highest BCUT2D eigenvalue weighted by Gasteiger charge is 2.69. The van der Waals surface area contributed by atoms with Gasteiger partial charge < -0.3 is 9.84 Å². The van der Waals surface area contributed by atoms with Crippen molar-refractivity contribution in [2.75, 3.05) is 6.61 Å². The van der Waals surface area contributed by atoms with Crippen LogP contribution < -0.4 is 0 Å². The number of rotatable bonds is 3. The van der Waals surface area contributed by atoms with E-state index in [9.17, 15) is 24.3 Å². The van der Waals surface area contributed by atoms with Crippen molar-refractivity contribution in [3.63, 3.8) is 0 Å². The molecule has 7 heteroatoms. The van der Waals surface area contributed by atoms with E-state index in [4.69, 9.17) is 4.74 Å². The molecule has 0 bridgehead atoms. The van der Waals surface area contributed by atoms with Gasteiger partial charge in [-0.2, -0.15) is 0 Å². The van der Waals surface area contributed by atoms with Crippen LogP contribution in [-0.4, -0.2) is 45.5 Å². The van der Waals surface area contributed by atoms with Crippen LogP contribution in [0.15, 0.2) is 0 Å². The van der Waals surface area contributed by atoms with Crippen molar-refractivity contribution in [1.29, 1.82) is 0 Å². The van der Waals surface area contributed by atoms with Gasteiger partial charge in [-0.05, 0) is 55.3 Å². The molecule has 0 heterocycles. The van der Waals surface area contributed by atoms with E-state index in [0.717, 1.165) is 12.8 Å². The van der Waals surface area contributed by atoms with Crippen molar-refractivity contribution < 1.29 is 29.0 Å². The number of carbonyl (C=O) groups is 4. The smallest absolute Gasteiger partial charge is 0.303 e. The molecule has 4 saturated carbocycles. The Labute approximate surface area is 185 Å². The van der Waals surface area contributed by atoms with E-state index in [2.05, 4.69) is 22.9 Å². The van der Waals surface area contributed by atoms with Crippen molar-refractivity contribution in [1.82, 2.24) is 0 Å². The summed E-state index contributed by atoms with van der Waals surface area (Å²) in [7, 11) is 0. The van der Waals surface area contributed by atoms with Crippen LogP contribution in [-0.2, 0) is 23.9 Å². The number of esters is 1. The second-order valence-electron chi connectivity index (χ2n) is 10.5. The number of fused-ring (bicyclic) bond motifs is 5. The predicted molar refractivity (Wildman–Crippen MR) is 112 cm³/mol. The minimum Gasteiger partial charge on any atom is -0.458 e. The second kappa shape index (κ2) is 7.22. The number of ether oxygens (including phenoxy) is 1. The van der Waals surface area contributed by atoms with E-state index in [0.29, 0.717) is 25.7 Å². The van der Waals surface area contributed by atoms with Gasteiger partial charge in [0.25, 0.3) is 0 Å². The number of aliphatic hydroxyl groups is 1. The van der Waals surface area contributed by atoms with Gasteiger partial charge in [0.1, 0.15) is 17.2 Å². The SMILES string of the molecule is CC(=O)OCC(=O)[C@@]1(O)CC[C@H]2[C@@H]3CCC4CC(=O)C(Br)C[C@]4(C)[C@H]3C(=O)C[C@@]21C. The van der Waals surface area contributed by atoms with Crippen LogP contribution in [0.1, 0.15) is 65.7 Å². The van der Waals surface area contributed by atoms with E-state index in [1.807, 2.05) is 6.92 Å². The van der Waals surface area contributed by atoms with E-state index in [1.54, 1.807) is 0 Å². The number of carbonyl (C=O) groups excluding carboxylic acids is 4. The summed E-state index contributed by atoms with van der Waals surface area (Å²) in [6, 6.07) is 0. The molecule has 0 aromatic heterocycles. The predicted octanol–water partition coefficient (Wildman–Crippen LogP) is 3.01. The van der Waals surface area contributed by atoms with Gasteiger partial charge in [0.15, 0.2) is 6.61 Å². The van der Waals surface area contributed by atoms with Crippen LogP contribution in [0.2, 0.25) is 0 Å². The van der Waals surface area contributed by atoms with E-state index in [-0.39, 0.29) is 51.9 Å². The molecule has 4 aliphatic rings. The molecule has 166 valence electrons. The highest BCUT2D eigenvalue weighted by atomic mass is 79.9. The minimum absolute atomic E-state index is 0.0654. The number of ketones is 3. The fourth-order valence-electron chi connectivity index (χ4n) is 7.63. The Morgan fingerprint density at radius 3 is 2.53 bits per heavy atom. The van der Waals surface area contributed by atoms with E-state index < -0.39 is 29.4 Å². The summed E-state index contributed by atoms with van der Waals surface area (Å²) in [6.45, 7) is 4.82. The number of alkyl halides is 1. The molecule has 4 fully saturated rings. The fourth-order valence-corrected chi connectivity index (χ4v) is 8.51. The highest BCUT2D eigenvalue weighted by molar-refractivity contribution is 9.10. The Hall–Kier alpha value is -1.08. The third kappa shape index (κ3) is 2.98. The van der Waals surface area contributed by atoms with Crippen molar-refractivity contribution in [3.8, 4) is 0 Å². The van der Waals surface area contributed by atoms with Gasteiger partial charge in [0, 0.05) is 31.1 Å². The average Bonchev–Trinajstić information content (AvgIpc) is 2.92. The second-order valence-corrected chi connectivity index (χ2v) is 11.6. The molecule has 0 radical (unpaired) electrons. The lowest BCUT2D eigenvalue weighted by Crippen LogP contribution is -2.62. The fraction of sp³-hybridized carbons (Fsp3) is 0.826. The number of hydrogen-bond donors (Lipinski definition) is 1. The lowest BCUT2D eigenvalue weighted by Gasteiger charge is -2.60. The lowest BCUT2D eigenvalue weighted by atomic mass is 9.44. The first kappa shape index (κ1) is 22.1. The Morgan fingerprint density at radius 1 is 1.17 bits per heavy atom. The maximum absolute atomic E-state index is 13.6. The van der Waals surface area contributed by atoms with Gasteiger partial charge in [-0.25, -0.2) is 0 Å². The zero-order chi connectivity index (χ0) is 22.1. The molecule has 6 nitrogen and oxygen atoms in total. The molecule has 0 aliphatic heterocycles. The largest absolute Gasteiger partial charge is 0.458 e. The molecule has 0 saturated heterocycles. The van der Waals surface area contributed by atoms with Crippen LogP contribution in [0.3, 0.4) is 0 Å². The van der Waals surface area contributed by atoms with Crippen molar-refractivity contribution in [2.24, 2.45) is 34.5 Å². The molecule has 2 unspecified atom stereocenters. The van der Waals surface area contributed by atoms with Crippen molar-refractivity contribution in [3.05, 3.63) is 0 Å². The highest BCUT2D eigenvalue weighted by Crippen LogP contribution is 2.67. The summed E-state index contributed by atoms with van der Waals surface area (Å²) in [5.74, 6) is -0.452. The topological polar surface area (TPSA) is 97.7 Å². The van der Waals surface area contributed by atoms with Gasteiger partial charge >= 0.3 is 5.97 Å². The first-order valence-electron chi connectivity index (χ1n) is 11.0. The van der Waals surface area contributed by atoms with Crippen LogP contribution in [0.5, 0.6) is 0 Å². The molecule has 0 spiro atoms. The lowest BCUT2D eigenvalue weighted by molar-refractivity contribution is -0.180. The maximum Gasteiger partial charge on any atom is 0.303 e. The van der Waals surface area contributed by atoms with Gasteiger partial charge in [-0.3, -0.25) is 19.2 Å². The average molecular weight is 483 g/mol. The van der Waals surface area contributed by atoms with E-state index in [1.165, 1.54) is 6.92 Å². The van der Waals surface area contributed by atoms with Crippen molar-refractivity contribution in [2.45, 2.75) is 76.1 Å². The van der Waals surface area contributed by atoms with E-state index >= 15 is 0 Å². The van der Waals surface area contributed by atoms with Crippen LogP contribution in [0.4, 0.5) is 0 Å². The first-order chi connectivity index (χ1) is 13.9. The molecule has 4 rings (SSSR count). The summed E-state index contributed by atoms with van der Waals surface area (Å²) in [4.78, 5) is 49.7. The Morgan fingerprint density at radius 2 is 1.87 bits per heavy atom. The third-order valence-electron chi connectivity index (χ3n) is 9.19. The molecule has 1 N–H and O–H groups in total. The molecular formula is C23H31BrO6. The minimum atomic E-state index is -1.65. The normalized spacial score (nSPS) is 47.8.